The highest BCUT2D eigenvalue weighted by Gasteiger charge is 2.50. The Morgan fingerprint density at radius 3 is 2.48 bits per heavy atom. The van der Waals surface area contributed by atoms with Crippen LogP contribution in [0.2, 0.25) is 0 Å². The summed E-state index contributed by atoms with van der Waals surface area (Å²) in [5, 5.41) is 45.0. The largest absolute Gasteiger partial charge is 0.507 e. The van der Waals surface area contributed by atoms with Crippen molar-refractivity contribution in [1.82, 2.24) is 0 Å². The fraction of sp³-hybridized carbons (Fsp3) is 0.484. The predicted molar refractivity (Wildman–Crippen MR) is 151 cm³/mol. The minimum absolute atomic E-state index is 0.00196. The molecule has 1 heterocycles. The maximum atomic E-state index is 13.8. The van der Waals surface area contributed by atoms with E-state index in [0.29, 0.717) is 6.42 Å². The van der Waals surface area contributed by atoms with Crippen molar-refractivity contribution in [2.24, 2.45) is 5.73 Å². The number of carbonyl (C=O) groups is 4. The number of aliphatic hydroxyl groups is 2. The summed E-state index contributed by atoms with van der Waals surface area (Å²) in [5.74, 6) is -4.41. The lowest BCUT2D eigenvalue weighted by molar-refractivity contribution is -0.247. The summed E-state index contributed by atoms with van der Waals surface area (Å²) < 4.78 is 22.2. The molecule has 1 aliphatic heterocycles. The smallest absolute Gasteiger partial charge is 0.306 e. The van der Waals surface area contributed by atoms with Crippen molar-refractivity contribution in [3.8, 4) is 17.2 Å². The molecule has 0 unspecified atom stereocenters. The number of hydrogen-bond donors (Lipinski definition) is 5. The predicted octanol–water partition coefficient (Wildman–Crippen LogP) is 1.35. The number of nitrogens with two attached hydrogens (primary N) is 1. The van der Waals surface area contributed by atoms with Crippen LogP contribution in [0, 0.1) is 0 Å². The normalized spacial score (nSPS) is 27.6. The molecule has 0 amide bonds. The topological polar surface area (TPSA) is 212 Å². The Labute approximate surface area is 252 Å². The quantitative estimate of drug-likeness (QED) is 0.180. The molecule has 13 nitrogen and oxygen atoms in total. The molecule has 0 bridgehead atoms. The molecule has 236 valence electrons. The molecule has 0 radical (unpaired) electrons. The first-order valence-electron chi connectivity index (χ1n) is 14.4. The zero-order valence-electron chi connectivity index (χ0n) is 24.5. The third-order valence-electron chi connectivity index (χ3n) is 8.48. The Morgan fingerprint density at radius 1 is 1.11 bits per heavy atom. The number of fused-ring (bicyclic) bond motifs is 3. The monoisotopic (exact) mass is 613 g/mol. The van der Waals surface area contributed by atoms with Gasteiger partial charge in [0.25, 0.3) is 0 Å². The number of aromatic hydroxyl groups is 2. The molecule has 1 fully saturated rings. The van der Waals surface area contributed by atoms with Gasteiger partial charge < -0.3 is 45.1 Å². The molecule has 3 aliphatic rings. The van der Waals surface area contributed by atoms with Gasteiger partial charge >= 0.3 is 5.97 Å². The molecule has 5 rings (SSSR count). The first kappa shape index (κ1) is 31.5. The van der Waals surface area contributed by atoms with Gasteiger partial charge in [0.05, 0.1) is 42.1 Å². The molecule has 2 aromatic carbocycles. The van der Waals surface area contributed by atoms with Gasteiger partial charge in [-0.15, -0.1) is 0 Å². The second-order valence-electron chi connectivity index (χ2n) is 11.4. The molecular weight excluding hydrogens is 578 g/mol. The van der Waals surface area contributed by atoms with E-state index in [-0.39, 0.29) is 40.8 Å². The summed E-state index contributed by atoms with van der Waals surface area (Å²) in [6.45, 7) is 2.56. The van der Waals surface area contributed by atoms with Gasteiger partial charge in [0, 0.05) is 48.4 Å². The summed E-state index contributed by atoms with van der Waals surface area (Å²) in [6, 6.07) is 3.61. The van der Waals surface area contributed by atoms with Crippen LogP contribution in [0.3, 0.4) is 0 Å². The van der Waals surface area contributed by atoms with Crippen molar-refractivity contribution in [3.63, 3.8) is 0 Å². The summed E-state index contributed by atoms with van der Waals surface area (Å²) in [4.78, 5) is 52.7. The van der Waals surface area contributed by atoms with E-state index in [1.807, 2.05) is 0 Å². The number of aliphatic hydroxyl groups excluding tert-OH is 1. The van der Waals surface area contributed by atoms with Crippen LogP contribution in [-0.2, 0) is 30.2 Å². The lowest BCUT2D eigenvalue weighted by Crippen LogP contribution is -2.53. The highest BCUT2D eigenvalue weighted by Crippen LogP contribution is 2.52. The number of benzene rings is 2. The number of rotatable bonds is 8. The minimum atomic E-state index is -2.28. The van der Waals surface area contributed by atoms with Crippen LogP contribution in [0.25, 0.3) is 0 Å². The zero-order valence-corrected chi connectivity index (χ0v) is 24.5. The number of esters is 1. The van der Waals surface area contributed by atoms with Crippen LogP contribution in [0.5, 0.6) is 17.2 Å². The number of methoxy groups -OCH3 is 1. The Kier molecular flexibility index (Phi) is 8.53. The van der Waals surface area contributed by atoms with Crippen molar-refractivity contribution in [2.45, 2.75) is 82.2 Å². The number of ketones is 3. The van der Waals surface area contributed by atoms with Crippen LogP contribution >= 0.6 is 0 Å². The fourth-order valence-corrected chi connectivity index (χ4v) is 6.16. The average Bonchev–Trinajstić information content (AvgIpc) is 2.98. The third kappa shape index (κ3) is 5.24. The van der Waals surface area contributed by atoms with Gasteiger partial charge in [0.15, 0.2) is 18.7 Å². The molecule has 2 aromatic rings. The van der Waals surface area contributed by atoms with E-state index in [1.54, 1.807) is 13.8 Å². The van der Waals surface area contributed by atoms with E-state index in [1.165, 1.54) is 25.3 Å². The first-order chi connectivity index (χ1) is 20.8. The van der Waals surface area contributed by atoms with E-state index in [2.05, 4.69) is 0 Å². The van der Waals surface area contributed by atoms with E-state index in [0.717, 1.165) is 0 Å². The van der Waals surface area contributed by atoms with Crippen LogP contribution in [-0.4, -0.2) is 87.6 Å². The Bertz CT molecular complexity index is 1520. The second-order valence-corrected chi connectivity index (χ2v) is 11.4. The lowest BCUT2D eigenvalue weighted by atomic mass is 9.72. The van der Waals surface area contributed by atoms with Crippen molar-refractivity contribution in [1.29, 1.82) is 0 Å². The minimum Gasteiger partial charge on any atom is -0.507 e. The Hall–Kier alpha value is -3.88. The van der Waals surface area contributed by atoms with Crippen molar-refractivity contribution in [2.75, 3.05) is 13.7 Å². The molecule has 6 N–H and O–H groups in total. The highest BCUT2D eigenvalue weighted by molar-refractivity contribution is 6.31. The van der Waals surface area contributed by atoms with Gasteiger partial charge in [-0.3, -0.25) is 19.2 Å². The molecular formula is C31H35NO12. The lowest BCUT2D eigenvalue weighted by Gasteiger charge is -2.42. The Balaban J connectivity index is 1.62. The second kappa shape index (κ2) is 11.9. The zero-order chi connectivity index (χ0) is 32.1. The molecule has 1 saturated heterocycles. The van der Waals surface area contributed by atoms with Gasteiger partial charge in [0.2, 0.25) is 11.6 Å². The van der Waals surface area contributed by atoms with Crippen LogP contribution in [0.1, 0.15) is 88.6 Å². The molecule has 13 heteroatoms. The summed E-state index contributed by atoms with van der Waals surface area (Å²) >= 11 is 0. The van der Waals surface area contributed by atoms with E-state index < -0.39 is 102 Å². The fourth-order valence-electron chi connectivity index (χ4n) is 6.16. The van der Waals surface area contributed by atoms with Gasteiger partial charge in [-0.2, -0.15) is 0 Å². The number of phenols is 2. The molecule has 0 saturated carbocycles. The van der Waals surface area contributed by atoms with Crippen LogP contribution < -0.4 is 10.5 Å². The Morgan fingerprint density at radius 2 is 1.82 bits per heavy atom. The maximum absolute atomic E-state index is 13.8. The number of ether oxygens (including phenoxy) is 4. The van der Waals surface area contributed by atoms with Crippen molar-refractivity contribution in [3.05, 3.63) is 51.6 Å². The van der Waals surface area contributed by atoms with Crippen LogP contribution in [0.4, 0.5) is 0 Å². The summed E-state index contributed by atoms with van der Waals surface area (Å²) in [6.07, 6.45) is -4.75. The van der Waals surface area contributed by atoms with Gasteiger partial charge in [-0.1, -0.05) is 19.1 Å². The number of hydrogen-bond acceptors (Lipinski definition) is 13. The van der Waals surface area contributed by atoms with Crippen molar-refractivity contribution < 1.29 is 58.6 Å². The molecule has 44 heavy (non-hydrogen) atoms. The SMILES string of the molecule is CCCC(=O)OCC(=O)[C@]1(O)Cc2c(O)c3c(c(O)c2[C@@H](O[C@H]2C[C@H](N)[C@H](O)[C@H](C)O2)C1)C(=O)c1c(OC)cccc1C3=O. The van der Waals surface area contributed by atoms with E-state index >= 15 is 0 Å². The molecule has 0 spiro atoms. The van der Waals surface area contributed by atoms with Crippen LogP contribution in [0.15, 0.2) is 18.2 Å². The highest BCUT2D eigenvalue weighted by atomic mass is 16.7. The molecule has 0 aromatic heterocycles. The summed E-state index contributed by atoms with van der Waals surface area (Å²) in [5.41, 5.74) is 2.31. The first-order valence-corrected chi connectivity index (χ1v) is 14.4. The van der Waals surface area contributed by atoms with Gasteiger partial charge in [-0.25, -0.2) is 0 Å². The summed E-state index contributed by atoms with van der Waals surface area (Å²) in [7, 11) is 1.32. The van der Waals surface area contributed by atoms with E-state index in [9.17, 15) is 39.6 Å². The maximum Gasteiger partial charge on any atom is 0.306 e. The molecule has 6 atom stereocenters. The van der Waals surface area contributed by atoms with Gasteiger partial charge in [0.1, 0.15) is 22.8 Å². The average molecular weight is 614 g/mol. The third-order valence-corrected chi connectivity index (χ3v) is 8.48. The molecule has 2 aliphatic carbocycles. The number of phenolic OH excluding ortho intramolecular Hbond substituents is 2. The standard InChI is InChI=1S/C31H35NO12/c1-4-6-20(34)42-12-19(33)31(40)10-15-23(18(11-31)44-21-9-16(32)26(35)13(2)43-21)30(39)25-24(28(15)37)27(36)14-7-5-8-17(41-3)22(14)29(25)38/h5,7-8,13,16,18,21,26,35,37,39-40H,4,6,9-12,32H2,1-3H3/t13-,16-,18-,21-,26+,31-/m0/s1. The van der Waals surface area contributed by atoms with Crippen molar-refractivity contribution >= 4 is 23.3 Å². The van der Waals surface area contributed by atoms with E-state index in [4.69, 9.17) is 24.7 Å². The number of Topliss-reactive ketones (excluding diaryl/α,β-unsaturated/α-hetero) is 1. The van der Waals surface area contributed by atoms with Gasteiger partial charge in [-0.05, 0) is 19.4 Å². The number of carbonyl (C=O) groups excluding carboxylic acids is 4.